The molecule has 0 bridgehead atoms. The molecule has 0 atom stereocenters. The second-order valence-corrected chi connectivity index (χ2v) is 9.84. The predicted molar refractivity (Wildman–Crippen MR) is 145 cm³/mol. The monoisotopic (exact) mass is 486 g/mol. The maximum absolute atomic E-state index is 11.8. The maximum atomic E-state index is 11.8. The minimum atomic E-state index is -0.318. The van der Waals surface area contributed by atoms with Crippen LogP contribution in [0.2, 0.25) is 0 Å². The number of methoxy groups -OCH3 is 1. The average molecular weight is 487 g/mol. The Kier molecular flexibility index (Phi) is 7.04. The third kappa shape index (κ3) is 5.14. The number of fused-ring (bicyclic) bond motifs is 2. The molecule has 1 fully saturated rings. The van der Waals surface area contributed by atoms with Gasteiger partial charge in [-0.3, -0.25) is 0 Å². The quantitative estimate of drug-likeness (QED) is 0.310. The summed E-state index contributed by atoms with van der Waals surface area (Å²) in [5.41, 5.74) is 3.69. The lowest BCUT2D eigenvalue weighted by atomic mass is 9.86. The number of hydrogen-bond donors (Lipinski definition) is 3. The number of aromatic nitrogens is 3. The fourth-order valence-corrected chi connectivity index (χ4v) is 5.15. The summed E-state index contributed by atoms with van der Waals surface area (Å²) in [6.07, 6.45) is 6.60. The van der Waals surface area contributed by atoms with Crippen LogP contribution in [0.3, 0.4) is 0 Å². The van der Waals surface area contributed by atoms with Gasteiger partial charge in [0.1, 0.15) is 5.82 Å². The lowest BCUT2D eigenvalue weighted by Crippen LogP contribution is -2.31. The highest BCUT2D eigenvalue weighted by Gasteiger charge is 2.22. The van der Waals surface area contributed by atoms with Crippen LogP contribution in [-0.2, 0) is 11.3 Å². The Morgan fingerprint density at radius 1 is 1.08 bits per heavy atom. The van der Waals surface area contributed by atoms with Crippen molar-refractivity contribution < 1.29 is 9.53 Å². The number of anilines is 2. The van der Waals surface area contributed by atoms with Crippen molar-refractivity contribution >= 4 is 39.5 Å². The highest BCUT2D eigenvalue weighted by Crippen LogP contribution is 2.28. The number of carbonyl (C=O) groups excluding carboxylic acids is 1. The molecule has 2 aromatic heterocycles. The van der Waals surface area contributed by atoms with Gasteiger partial charge in [0.25, 0.3) is 0 Å². The Morgan fingerprint density at radius 2 is 1.89 bits per heavy atom. The molecule has 8 heteroatoms. The summed E-state index contributed by atoms with van der Waals surface area (Å²) in [6, 6.07) is 14.2. The molecular formula is C28H34N6O2. The number of rotatable bonds is 8. The van der Waals surface area contributed by atoms with Crippen molar-refractivity contribution in [3.63, 3.8) is 0 Å². The van der Waals surface area contributed by atoms with Gasteiger partial charge in [0.15, 0.2) is 0 Å². The number of esters is 1. The van der Waals surface area contributed by atoms with Gasteiger partial charge in [-0.1, -0.05) is 18.2 Å². The van der Waals surface area contributed by atoms with Crippen molar-refractivity contribution in [1.82, 2.24) is 20.3 Å². The molecule has 36 heavy (non-hydrogen) atoms. The summed E-state index contributed by atoms with van der Waals surface area (Å²) in [5, 5.41) is 9.44. The Hall–Kier alpha value is -3.65. The Morgan fingerprint density at radius 3 is 2.67 bits per heavy atom. The van der Waals surface area contributed by atoms with E-state index >= 15 is 0 Å². The van der Waals surface area contributed by atoms with Crippen molar-refractivity contribution in [2.75, 3.05) is 38.0 Å². The molecule has 1 saturated carbocycles. The molecular weight excluding hydrogens is 452 g/mol. The third-order valence-corrected chi connectivity index (χ3v) is 7.12. The first kappa shape index (κ1) is 24.1. The van der Waals surface area contributed by atoms with Crippen molar-refractivity contribution in [3.8, 4) is 0 Å². The van der Waals surface area contributed by atoms with E-state index in [0.717, 1.165) is 53.6 Å². The van der Waals surface area contributed by atoms with Gasteiger partial charge in [-0.25, -0.2) is 9.78 Å². The molecule has 5 rings (SSSR count). The van der Waals surface area contributed by atoms with Gasteiger partial charge >= 0.3 is 5.97 Å². The van der Waals surface area contributed by atoms with Gasteiger partial charge < -0.3 is 25.3 Å². The van der Waals surface area contributed by atoms with Crippen molar-refractivity contribution in [2.24, 2.45) is 5.92 Å². The average Bonchev–Trinajstić information content (AvgIpc) is 3.31. The summed E-state index contributed by atoms with van der Waals surface area (Å²) < 4.78 is 4.82. The molecule has 0 amide bonds. The molecule has 4 aromatic rings. The van der Waals surface area contributed by atoms with E-state index in [1.807, 2.05) is 61.6 Å². The smallest absolute Gasteiger partial charge is 0.337 e. The third-order valence-electron chi connectivity index (χ3n) is 7.12. The number of nitrogens with zero attached hydrogens (tertiary/aromatic N) is 3. The standard InChI is InChI=1S/C28H34N6O2/c1-34(2)26-23-6-4-5-7-24(23)32-28(33-26)31-21-11-8-18(9-12-21)15-29-16-20-17-30-25-14-19(27(35)36-3)10-13-22(20)25/h4-7,10,13-14,17-18,21,29-30H,8-9,11-12,15-16H2,1-3H3,(H,31,32,33). The molecule has 2 aromatic carbocycles. The number of carbonyl (C=O) groups is 1. The molecule has 2 heterocycles. The fourth-order valence-electron chi connectivity index (χ4n) is 5.15. The molecule has 3 N–H and O–H groups in total. The van der Waals surface area contributed by atoms with Gasteiger partial charge in [0.2, 0.25) is 5.95 Å². The Bertz CT molecular complexity index is 1360. The van der Waals surface area contributed by atoms with E-state index < -0.39 is 0 Å². The van der Waals surface area contributed by atoms with E-state index in [0.29, 0.717) is 23.5 Å². The van der Waals surface area contributed by atoms with Crippen LogP contribution in [0.25, 0.3) is 21.8 Å². The molecule has 0 aliphatic heterocycles. The molecule has 1 aliphatic carbocycles. The zero-order valence-electron chi connectivity index (χ0n) is 21.2. The number of H-pyrrole nitrogens is 1. The zero-order valence-corrected chi connectivity index (χ0v) is 21.2. The van der Waals surface area contributed by atoms with Crippen LogP contribution in [-0.4, -0.2) is 54.7 Å². The molecule has 1 aliphatic rings. The minimum Gasteiger partial charge on any atom is -0.465 e. The largest absolute Gasteiger partial charge is 0.465 e. The number of para-hydroxylation sites is 1. The second-order valence-electron chi connectivity index (χ2n) is 9.84. The summed E-state index contributed by atoms with van der Waals surface area (Å²) in [5.74, 6) is 2.00. The maximum Gasteiger partial charge on any atom is 0.337 e. The van der Waals surface area contributed by atoms with Crippen molar-refractivity contribution in [1.29, 1.82) is 0 Å². The predicted octanol–water partition coefficient (Wildman–Crippen LogP) is 4.72. The number of benzene rings is 2. The van der Waals surface area contributed by atoms with E-state index in [-0.39, 0.29) is 5.97 Å². The molecule has 0 radical (unpaired) electrons. The Labute approximate surface area is 211 Å². The van der Waals surface area contributed by atoms with Crippen LogP contribution in [0.15, 0.2) is 48.7 Å². The lowest BCUT2D eigenvalue weighted by Gasteiger charge is -2.29. The summed E-state index contributed by atoms with van der Waals surface area (Å²) >= 11 is 0. The molecule has 0 spiro atoms. The van der Waals surface area contributed by atoms with E-state index in [4.69, 9.17) is 14.7 Å². The highest BCUT2D eigenvalue weighted by molar-refractivity contribution is 5.95. The molecule has 0 unspecified atom stereocenters. The number of nitrogens with one attached hydrogen (secondary N) is 3. The zero-order chi connectivity index (χ0) is 25.1. The summed E-state index contributed by atoms with van der Waals surface area (Å²) in [4.78, 5) is 26.7. The van der Waals surface area contributed by atoms with Gasteiger partial charge in [-0.05, 0) is 68.0 Å². The van der Waals surface area contributed by atoms with E-state index in [9.17, 15) is 4.79 Å². The Balaban J connectivity index is 1.13. The van der Waals surface area contributed by atoms with E-state index in [1.54, 1.807) is 0 Å². The number of hydrogen-bond acceptors (Lipinski definition) is 7. The molecule has 188 valence electrons. The molecule has 0 saturated heterocycles. The van der Waals surface area contributed by atoms with Crippen LogP contribution < -0.4 is 15.5 Å². The van der Waals surface area contributed by atoms with Crippen LogP contribution in [0.5, 0.6) is 0 Å². The van der Waals surface area contributed by atoms with Crippen LogP contribution in [0.1, 0.15) is 41.6 Å². The summed E-state index contributed by atoms with van der Waals surface area (Å²) in [6.45, 7) is 1.80. The van der Waals surface area contributed by atoms with Crippen molar-refractivity contribution in [3.05, 3.63) is 59.8 Å². The second kappa shape index (κ2) is 10.5. The van der Waals surface area contributed by atoms with Gasteiger partial charge in [0.05, 0.1) is 18.2 Å². The minimum absolute atomic E-state index is 0.318. The van der Waals surface area contributed by atoms with Crippen molar-refractivity contribution in [2.45, 2.75) is 38.3 Å². The number of aromatic amines is 1. The normalized spacial score (nSPS) is 17.9. The topological polar surface area (TPSA) is 95.2 Å². The van der Waals surface area contributed by atoms with Crippen LogP contribution in [0.4, 0.5) is 11.8 Å². The summed E-state index contributed by atoms with van der Waals surface area (Å²) in [7, 11) is 5.44. The first-order chi connectivity index (χ1) is 17.5. The van der Waals surface area contributed by atoms with Gasteiger partial charge in [0, 0.05) is 49.2 Å². The SMILES string of the molecule is COC(=O)c1ccc2c(CNCC3CCC(Nc4nc(N(C)C)c5ccccc5n4)CC3)c[nH]c2c1. The number of ether oxygens (including phenoxy) is 1. The van der Waals surface area contributed by atoms with E-state index in [2.05, 4.69) is 21.7 Å². The lowest BCUT2D eigenvalue weighted by molar-refractivity contribution is 0.0601. The molecule has 8 nitrogen and oxygen atoms in total. The van der Waals surface area contributed by atoms with Crippen LogP contribution in [0, 0.1) is 5.92 Å². The van der Waals surface area contributed by atoms with Gasteiger partial charge in [-0.2, -0.15) is 4.98 Å². The van der Waals surface area contributed by atoms with Gasteiger partial charge in [-0.15, -0.1) is 0 Å². The fraction of sp³-hybridized carbons (Fsp3) is 0.393. The van der Waals surface area contributed by atoms with Crippen LogP contribution >= 0.6 is 0 Å². The highest BCUT2D eigenvalue weighted by atomic mass is 16.5. The first-order valence-corrected chi connectivity index (χ1v) is 12.6. The van der Waals surface area contributed by atoms with E-state index in [1.165, 1.54) is 25.5 Å². The first-order valence-electron chi connectivity index (χ1n) is 12.6.